The summed E-state index contributed by atoms with van der Waals surface area (Å²) in [4.78, 5) is 23.7. The van der Waals surface area contributed by atoms with E-state index in [4.69, 9.17) is 16.3 Å². The van der Waals surface area contributed by atoms with Gasteiger partial charge in [-0.25, -0.2) is 4.79 Å². The van der Waals surface area contributed by atoms with E-state index in [1.54, 1.807) is 0 Å². The number of halogens is 1. The van der Waals surface area contributed by atoms with E-state index in [1.165, 1.54) is 18.9 Å². The summed E-state index contributed by atoms with van der Waals surface area (Å²) in [5.41, 5.74) is 1.11. The Labute approximate surface area is 140 Å². The molecule has 1 N–H and O–H groups in total. The van der Waals surface area contributed by atoms with Crippen LogP contribution in [0.1, 0.15) is 25.8 Å². The van der Waals surface area contributed by atoms with Crippen molar-refractivity contribution < 1.29 is 14.3 Å². The zero-order chi connectivity index (χ0) is 16.5. The lowest BCUT2D eigenvalue weighted by atomic mass is 9.99. The molecule has 0 radical (unpaired) electrons. The van der Waals surface area contributed by atoms with Crippen LogP contribution in [0.3, 0.4) is 0 Å². The van der Waals surface area contributed by atoms with Crippen LogP contribution in [-0.4, -0.2) is 30.8 Å². The number of carbonyl (C=O) groups excluding carboxylic acids is 2. The minimum Gasteiger partial charge on any atom is -0.467 e. The molecule has 2 unspecified atom stereocenters. The third-order valence-corrected chi connectivity index (χ3v) is 4.66. The largest absolute Gasteiger partial charge is 0.467 e. The molecule has 4 nitrogen and oxygen atoms in total. The summed E-state index contributed by atoms with van der Waals surface area (Å²) >= 11 is 7.32. The van der Waals surface area contributed by atoms with Gasteiger partial charge in [0.25, 0.3) is 0 Å². The number of amides is 1. The van der Waals surface area contributed by atoms with Crippen molar-refractivity contribution in [3.8, 4) is 0 Å². The van der Waals surface area contributed by atoms with Crippen molar-refractivity contribution in [3.05, 3.63) is 34.9 Å². The molecule has 0 aliphatic heterocycles. The highest BCUT2D eigenvalue weighted by Gasteiger charge is 2.26. The molecule has 1 aromatic rings. The first kappa shape index (κ1) is 18.8. The van der Waals surface area contributed by atoms with Crippen molar-refractivity contribution in [1.82, 2.24) is 5.32 Å². The minimum atomic E-state index is -0.585. The van der Waals surface area contributed by atoms with Crippen LogP contribution < -0.4 is 5.32 Å². The van der Waals surface area contributed by atoms with Gasteiger partial charge < -0.3 is 10.1 Å². The van der Waals surface area contributed by atoms with E-state index in [1.807, 2.05) is 38.1 Å². The second-order valence-electron chi connectivity index (χ2n) is 5.07. The molecule has 1 rings (SSSR count). The van der Waals surface area contributed by atoms with E-state index in [-0.39, 0.29) is 11.8 Å². The maximum Gasteiger partial charge on any atom is 0.328 e. The molecular formula is C16H22ClNO3S. The number of hydrogen-bond donors (Lipinski definition) is 1. The van der Waals surface area contributed by atoms with Gasteiger partial charge in [0.2, 0.25) is 5.91 Å². The molecule has 0 aromatic heterocycles. The molecule has 0 aliphatic carbocycles. The van der Waals surface area contributed by atoms with E-state index >= 15 is 0 Å². The molecule has 0 spiro atoms. The Bertz CT molecular complexity index is 493. The highest BCUT2D eigenvalue weighted by molar-refractivity contribution is 7.99. The van der Waals surface area contributed by atoms with Gasteiger partial charge in [0.15, 0.2) is 0 Å². The zero-order valence-corrected chi connectivity index (χ0v) is 14.7. The number of benzene rings is 1. The van der Waals surface area contributed by atoms with Crippen LogP contribution in [0.25, 0.3) is 0 Å². The number of esters is 1. The molecular weight excluding hydrogens is 322 g/mol. The van der Waals surface area contributed by atoms with Gasteiger partial charge in [0, 0.05) is 10.8 Å². The van der Waals surface area contributed by atoms with Gasteiger partial charge >= 0.3 is 5.97 Å². The Hall–Kier alpha value is -1.20. The molecule has 6 heteroatoms. The van der Waals surface area contributed by atoms with Crippen LogP contribution >= 0.6 is 23.4 Å². The first-order valence-corrected chi connectivity index (χ1v) is 8.70. The van der Waals surface area contributed by atoms with Crippen LogP contribution in [-0.2, 0) is 20.1 Å². The summed E-state index contributed by atoms with van der Waals surface area (Å²) in [5, 5.41) is 3.45. The highest BCUT2D eigenvalue weighted by atomic mass is 35.5. The number of ether oxygens (including phenoxy) is 1. The van der Waals surface area contributed by atoms with E-state index in [0.717, 1.165) is 17.7 Å². The summed E-state index contributed by atoms with van der Waals surface area (Å²) in [6.07, 6.45) is 0.790. The molecule has 1 aromatic carbocycles. The van der Waals surface area contributed by atoms with E-state index in [9.17, 15) is 9.59 Å². The predicted octanol–water partition coefficient (Wildman–Crippen LogP) is 3.28. The molecule has 0 aliphatic rings. The summed E-state index contributed by atoms with van der Waals surface area (Å²) in [6.45, 7) is 3.89. The van der Waals surface area contributed by atoms with Gasteiger partial charge in [-0.05, 0) is 23.6 Å². The molecule has 0 heterocycles. The monoisotopic (exact) mass is 343 g/mol. The molecule has 122 valence electrons. The van der Waals surface area contributed by atoms with Crippen molar-refractivity contribution in [2.75, 3.05) is 12.9 Å². The Balaban J connectivity index is 2.43. The number of nitrogens with one attached hydrogen (secondary N) is 1. The average molecular weight is 344 g/mol. The summed E-state index contributed by atoms with van der Waals surface area (Å²) < 4.78 is 4.75. The topological polar surface area (TPSA) is 55.4 Å². The van der Waals surface area contributed by atoms with Gasteiger partial charge in [-0.3, -0.25) is 4.79 Å². The summed E-state index contributed by atoms with van der Waals surface area (Å²) in [5.74, 6) is 0.501. The lowest BCUT2D eigenvalue weighted by molar-refractivity contribution is -0.146. The smallest absolute Gasteiger partial charge is 0.328 e. The zero-order valence-electron chi connectivity index (χ0n) is 13.1. The van der Waals surface area contributed by atoms with Crippen LogP contribution in [0.4, 0.5) is 0 Å². The van der Waals surface area contributed by atoms with Crippen molar-refractivity contribution in [2.45, 2.75) is 32.1 Å². The van der Waals surface area contributed by atoms with E-state index in [2.05, 4.69) is 5.32 Å². The predicted molar refractivity (Wildman–Crippen MR) is 91.0 cm³/mol. The second-order valence-corrected chi connectivity index (χ2v) is 6.50. The molecule has 22 heavy (non-hydrogen) atoms. The lowest BCUT2D eigenvalue weighted by Gasteiger charge is -2.21. The van der Waals surface area contributed by atoms with Crippen LogP contribution in [0.5, 0.6) is 0 Å². The summed E-state index contributed by atoms with van der Waals surface area (Å²) in [7, 11) is 1.33. The van der Waals surface area contributed by atoms with Gasteiger partial charge in [-0.2, -0.15) is 0 Å². The van der Waals surface area contributed by atoms with Crippen LogP contribution in [0.15, 0.2) is 24.3 Å². The third kappa shape index (κ3) is 6.28. The fraction of sp³-hybridized carbons (Fsp3) is 0.500. The number of rotatable bonds is 8. The van der Waals surface area contributed by atoms with Gasteiger partial charge in [-0.15, -0.1) is 11.8 Å². The first-order chi connectivity index (χ1) is 10.5. The maximum atomic E-state index is 12.0. The highest BCUT2D eigenvalue weighted by Crippen LogP contribution is 2.16. The van der Waals surface area contributed by atoms with E-state index < -0.39 is 12.0 Å². The first-order valence-electron chi connectivity index (χ1n) is 7.17. The van der Waals surface area contributed by atoms with E-state index in [0.29, 0.717) is 10.8 Å². The lowest BCUT2D eigenvalue weighted by Crippen LogP contribution is -2.46. The average Bonchev–Trinajstić information content (AvgIpc) is 2.53. The third-order valence-electron chi connectivity index (χ3n) is 3.40. The molecule has 1 amide bonds. The van der Waals surface area contributed by atoms with Gasteiger partial charge in [0.05, 0.1) is 12.9 Å². The van der Waals surface area contributed by atoms with Crippen molar-refractivity contribution in [3.63, 3.8) is 0 Å². The summed E-state index contributed by atoms with van der Waals surface area (Å²) in [6, 6.07) is 6.94. The minimum absolute atomic E-state index is 0.0395. The fourth-order valence-corrected chi connectivity index (χ4v) is 2.78. The van der Waals surface area contributed by atoms with Gasteiger partial charge in [0.1, 0.15) is 6.04 Å². The van der Waals surface area contributed by atoms with Crippen molar-refractivity contribution >= 4 is 35.2 Å². The number of hydrogen-bond acceptors (Lipinski definition) is 4. The SMILES string of the molecule is CCC(C)C(NC(=O)CSCc1ccc(Cl)cc1)C(=O)OC. The second kappa shape index (κ2) is 9.74. The Morgan fingerprint density at radius 1 is 1.32 bits per heavy atom. The van der Waals surface area contributed by atoms with Gasteiger partial charge in [-0.1, -0.05) is 44.0 Å². The maximum absolute atomic E-state index is 12.0. The van der Waals surface area contributed by atoms with Crippen molar-refractivity contribution in [2.24, 2.45) is 5.92 Å². The molecule has 0 saturated heterocycles. The Morgan fingerprint density at radius 2 is 1.95 bits per heavy atom. The quantitative estimate of drug-likeness (QED) is 0.736. The standard InChI is InChI=1S/C16H22ClNO3S/c1-4-11(2)15(16(20)21-3)18-14(19)10-22-9-12-5-7-13(17)8-6-12/h5-8,11,15H,4,9-10H2,1-3H3,(H,18,19). The molecule has 2 atom stereocenters. The Kier molecular flexibility index (Phi) is 8.35. The van der Waals surface area contributed by atoms with Crippen LogP contribution in [0.2, 0.25) is 5.02 Å². The van der Waals surface area contributed by atoms with Crippen molar-refractivity contribution in [1.29, 1.82) is 0 Å². The number of methoxy groups -OCH3 is 1. The molecule has 0 fully saturated rings. The number of thioether (sulfide) groups is 1. The molecule has 0 bridgehead atoms. The fourth-order valence-electron chi connectivity index (χ4n) is 1.85. The Morgan fingerprint density at radius 3 is 2.50 bits per heavy atom. The number of carbonyl (C=O) groups is 2. The normalized spacial score (nSPS) is 13.3. The van der Waals surface area contributed by atoms with Crippen LogP contribution in [0, 0.1) is 5.92 Å². The molecule has 0 saturated carbocycles.